The van der Waals surface area contributed by atoms with E-state index in [4.69, 9.17) is 4.52 Å². The highest BCUT2D eigenvalue weighted by atomic mass is 35.5. The Morgan fingerprint density at radius 3 is 2.71 bits per heavy atom. The Kier molecular flexibility index (Phi) is 5.54. The first kappa shape index (κ1) is 17.4. The molecule has 6 heteroatoms. The van der Waals surface area contributed by atoms with E-state index >= 15 is 0 Å². The maximum absolute atomic E-state index is 5.46. The fourth-order valence-electron chi connectivity index (χ4n) is 4.02. The smallest absolute Gasteiger partial charge is 0.257 e. The Balaban J connectivity index is 0.00000169. The van der Waals surface area contributed by atoms with E-state index in [0.717, 1.165) is 37.6 Å². The first-order valence-corrected chi connectivity index (χ1v) is 8.70. The zero-order chi connectivity index (χ0) is 15.5. The molecule has 2 aromatic rings. The molecule has 5 nitrogen and oxygen atoms in total. The monoisotopic (exact) mass is 348 g/mol. The maximum atomic E-state index is 5.46. The molecule has 1 N–H and O–H groups in total. The summed E-state index contributed by atoms with van der Waals surface area (Å²) in [7, 11) is 0. The Bertz CT molecular complexity index is 631. The highest BCUT2D eigenvalue weighted by Gasteiger charge is 2.40. The number of benzene rings is 1. The molecule has 4 rings (SSSR count). The normalized spacial score (nSPS) is 20.7. The van der Waals surface area contributed by atoms with Crippen molar-refractivity contribution in [2.45, 2.75) is 44.2 Å². The highest BCUT2D eigenvalue weighted by molar-refractivity contribution is 5.85. The van der Waals surface area contributed by atoms with Crippen LogP contribution in [0.25, 0.3) is 11.5 Å². The highest BCUT2D eigenvalue weighted by Crippen LogP contribution is 2.35. The Morgan fingerprint density at radius 2 is 1.92 bits per heavy atom. The predicted octanol–water partition coefficient (Wildman–Crippen LogP) is 3.27. The molecule has 0 radical (unpaired) electrons. The molecule has 1 aliphatic carbocycles. The molecule has 1 saturated carbocycles. The Hall–Kier alpha value is -1.43. The van der Waals surface area contributed by atoms with Gasteiger partial charge in [0.05, 0.1) is 6.54 Å². The fourth-order valence-corrected chi connectivity index (χ4v) is 4.02. The van der Waals surface area contributed by atoms with E-state index in [1.807, 2.05) is 30.3 Å². The third kappa shape index (κ3) is 3.48. The molecular formula is C18H25ClN4O. The number of hydrogen-bond donors (Lipinski definition) is 1. The van der Waals surface area contributed by atoms with Gasteiger partial charge in [0.25, 0.3) is 5.89 Å². The van der Waals surface area contributed by atoms with Gasteiger partial charge in [-0.25, -0.2) is 0 Å². The van der Waals surface area contributed by atoms with E-state index in [-0.39, 0.29) is 12.4 Å². The van der Waals surface area contributed by atoms with Crippen LogP contribution in [0.5, 0.6) is 0 Å². The lowest BCUT2D eigenvalue weighted by Gasteiger charge is -2.49. The van der Waals surface area contributed by atoms with Gasteiger partial charge in [0, 0.05) is 30.7 Å². The zero-order valence-corrected chi connectivity index (χ0v) is 14.7. The number of halogens is 1. The van der Waals surface area contributed by atoms with Crippen molar-refractivity contribution in [2.24, 2.45) is 0 Å². The molecule has 1 aromatic carbocycles. The summed E-state index contributed by atoms with van der Waals surface area (Å²) in [6, 6.07) is 9.99. The van der Waals surface area contributed by atoms with Crippen LogP contribution in [0, 0.1) is 0 Å². The molecule has 1 spiro atoms. The predicted molar refractivity (Wildman–Crippen MR) is 96.1 cm³/mol. The molecule has 2 heterocycles. The van der Waals surface area contributed by atoms with Crippen LogP contribution in [0.2, 0.25) is 0 Å². The third-order valence-corrected chi connectivity index (χ3v) is 5.29. The molecule has 1 saturated heterocycles. The molecule has 2 aliphatic rings. The van der Waals surface area contributed by atoms with Crippen molar-refractivity contribution in [1.29, 1.82) is 0 Å². The SMILES string of the molecule is Cl.c1ccc(-c2nc(CN3CCNCC34CCCCC4)no2)cc1. The van der Waals surface area contributed by atoms with E-state index in [1.54, 1.807) is 0 Å². The van der Waals surface area contributed by atoms with Gasteiger partial charge >= 0.3 is 0 Å². The quantitative estimate of drug-likeness (QED) is 0.922. The number of rotatable bonds is 3. The van der Waals surface area contributed by atoms with Crippen molar-refractivity contribution in [3.05, 3.63) is 36.2 Å². The van der Waals surface area contributed by atoms with E-state index in [1.165, 1.54) is 32.1 Å². The summed E-state index contributed by atoms with van der Waals surface area (Å²) in [6.07, 6.45) is 6.60. The van der Waals surface area contributed by atoms with Gasteiger partial charge in [-0.05, 0) is 25.0 Å². The standard InChI is InChI=1S/C18H24N4O.ClH/c1-3-7-15(8-4-1)17-20-16(21-23-17)13-22-12-11-19-14-18(22)9-5-2-6-10-18;/h1,3-4,7-8,19H,2,5-6,9-14H2;1H. The summed E-state index contributed by atoms with van der Waals surface area (Å²) in [5.41, 5.74) is 1.28. The maximum Gasteiger partial charge on any atom is 0.257 e. The van der Waals surface area contributed by atoms with Gasteiger partial charge in [-0.15, -0.1) is 12.4 Å². The lowest BCUT2D eigenvalue weighted by atomic mass is 9.79. The topological polar surface area (TPSA) is 54.2 Å². The third-order valence-electron chi connectivity index (χ3n) is 5.29. The van der Waals surface area contributed by atoms with Crippen molar-refractivity contribution in [3.63, 3.8) is 0 Å². The van der Waals surface area contributed by atoms with E-state index in [2.05, 4.69) is 20.4 Å². The van der Waals surface area contributed by atoms with Gasteiger partial charge in [-0.3, -0.25) is 4.90 Å². The summed E-state index contributed by atoms with van der Waals surface area (Å²) < 4.78 is 5.46. The molecule has 130 valence electrons. The van der Waals surface area contributed by atoms with Crippen LogP contribution >= 0.6 is 12.4 Å². The van der Waals surface area contributed by atoms with Gasteiger partial charge < -0.3 is 9.84 Å². The van der Waals surface area contributed by atoms with E-state index in [9.17, 15) is 0 Å². The minimum atomic E-state index is 0. The summed E-state index contributed by atoms with van der Waals surface area (Å²) in [5, 5.41) is 7.80. The van der Waals surface area contributed by atoms with E-state index in [0.29, 0.717) is 11.4 Å². The van der Waals surface area contributed by atoms with Gasteiger partial charge in [0.1, 0.15) is 0 Å². The summed E-state index contributed by atoms with van der Waals surface area (Å²) in [6.45, 7) is 3.99. The van der Waals surface area contributed by atoms with Crippen LogP contribution in [-0.2, 0) is 6.54 Å². The van der Waals surface area contributed by atoms with Crippen molar-refractivity contribution in [2.75, 3.05) is 19.6 Å². The summed E-state index contributed by atoms with van der Waals surface area (Å²) in [4.78, 5) is 7.20. The number of piperazine rings is 1. The van der Waals surface area contributed by atoms with Crippen LogP contribution < -0.4 is 5.32 Å². The molecule has 0 amide bonds. The van der Waals surface area contributed by atoms with Crippen molar-refractivity contribution >= 4 is 12.4 Å². The number of hydrogen-bond acceptors (Lipinski definition) is 5. The van der Waals surface area contributed by atoms with Crippen molar-refractivity contribution < 1.29 is 4.52 Å². The van der Waals surface area contributed by atoms with Gasteiger partial charge in [0.2, 0.25) is 0 Å². The van der Waals surface area contributed by atoms with Crippen LogP contribution in [-0.4, -0.2) is 40.2 Å². The number of nitrogens with zero attached hydrogens (tertiary/aromatic N) is 3. The molecule has 2 fully saturated rings. The second-order valence-corrected chi connectivity index (χ2v) is 6.77. The fraction of sp³-hybridized carbons (Fsp3) is 0.556. The van der Waals surface area contributed by atoms with Crippen LogP contribution in [0.15, 0.2) is 34.9 Å². The first-order chi connectivity index (χ1) is 11.4. The van der Waals surface area contributed by atoms with Crippen LogP contribution in [0.1, 0.15) is 37.9 Å². The molecule has 1 aromatic heterocycles. The number of nitrogens with one attached hydrogen (secondary N) is 1. The molecule has 0 atom stereocenters. The molecule has 1 aliphatic heterocycles. The minimum absolute atomic E-state index is 0. The second-order valence-electron chi connectivity index (χ2n) is 6.77. The van der Waals surface area contributed by atoms with Crippen LogP contribution in [0.4, 0.5) is 0 Å². The lowest BCUT2D eigenvalue weighted by molar-refractivity contribution is 0.0184. The van der Waals surface area contributed by atoms with Crippen LogP contribution in [0.3, 0.4) is 0 Å². The van der Waals surface area contributed by atoms with Crippen molar-refractivity contribution in [1.82, 2.24) is 20.4 Å². The molecule has 0 bridgehead atoms. The zero-order valence-electron chi connectivity index (χ0n) is 13.9. The Morgan fingerprint density at radius 1 is 1.12 bits per heavy atom. The minimum Gasteiger partial charge on any atom is -0.334 e. The average Bonchev–Trinajstić information content (AvgIpc) is 3.07. The lowest BCUT2D eigenvalue weighted by Crippen LogP contribution is -2.61. The van der Waals surface area contributed by atoms with Crippen molar-refractivity contribution in [3.8, 4) is 11.5 Å². The second kappa shape index (κ2) is 7.64. The average molecular weight is 349 g/mol. The summed E-state index contributed by atoms with van der Waals surface area (Å²) in [5.74, 6) is 1.42. The number of aromatic nitrogens is 2. The van der Waals surface area contributed by atoms with E-state index < -0.39 is 0 Å². The largest absolute Gasteiger partial charge is 0.334 e. The molecule has 0 unspecified atom stereocenters. The molecular weight excluding hydrogens is 324 g/mol. The molecule has 24 heavy (non-hydrogen) atoms. The summed E-state index contributed by atoms with van der Waals surface area (Å²) >= 11 is 0. The first-order valence-electron chi connectivity index (χ1n) is 8.70. The Labute approximate surface area is 149 Å². The van der Waals surface area contributed by atoms with Gasteiger partial charge in [-0.2, -0.15) is 4.98 Å². The van der Waals surface area contributed by atoms with Gasteiger partial charge in [-0.1, -0.05) is 42.6 Å². The van der Waals surface area contributed by atoms with Gasteiger partial charge in [0.15, 0.2) is 5.82 Å².